The van der Waals surface area contributed by atoms with Crippen molar-refractivity contribution in [3.8, 4) is 0 Å². The first-order valence-corrected chi connectivity index (χ1v) is 5.26. The number of ketones is 1. The fourth-order valence-corrected chi connectivity index (χ4v) is 1.81. The molecule has 0 unspecified atom stereocenters. The predicted molar refractivity (Wildman–Crippen MR) is 56.5 cm³/mol. The van der Waals surface area contributed by atoms with Crippen LogP contribution in [0.1, 0.15) is 29.6 Å². The highest BCUT2D eigenvalue weighted by Crippen LogP contribution is 2.15. The number of hydrogen-bond acceptors (Lipinski definition) is 2. The van der Waals surface area contributed by atoms with E-state index < -0.39 is 0 Å². The van der Waals surface area contributed by atoms with Gasteiger partial charge >= 0.3 is 0 Å². The molecule has 0 radical (unpaired) electrons. The molecule has 1 fully saturated rings. The van der Waals surface area contributed by atoms with Crippen LogP contribution in [0.15, 0.2) is 24.3 Å². The van der Waals surface area contributed by atoms with Gasteiger partial charge in [-0.05, 0) is 37.1 Å². The summed E-state index contributed by atoms with van der Waals surface area (Å²) in [5, 5.41) is 2.65. The SMILES string of the molecule is O=C(N[C@@H]1CCCC1=O)c1ccc(F)cc1. The highest BCUT2D eigenvalue weighted by Gasteiger charge is 2.25. The zero-order chi connectivity index (χ0) is 11.5. The van der Waals surface area contributed by atoms with Gasteiger partial charge in [-0.2, -0.15) is 0 Å². The molecule has 16 heavy (non-hydrogen) atoms. The molecule has 1 aromatic rings. The van der Waals surface area contributed by atoms with E-state index in [-0.39, 0.29) is 23.5 Å². The van der Waals surface area contributed by atoms with Gasteiger partial charge in [-0.3, -0.25) is 9.59 Å². The highest BCUT2D eigenvalue weighted by molar-refractivity contribution is 5.98. The third kappa shape index (κ3) is 2.27. The van der Waals surface area contributed by atoms with Crippen LogP contribution in [0.2, 0.25) is 0 Å². The summed E-state index contributed by atoms with van der Waals surface area (Å²) in [6.07, 6.45) is 2.06. The van der Waals surface area contributed by atoms with Gasteiger partial charge in [0.05, 0.1) is 6.04 Å². The van der Waals surface area contributed by atoms with Crippen molar-refractivity contribution in [3.63, 3.8) is 0 Å². The third-order valence-electron chi connectivity index (χ3n) is 2.72. The molecule has 0 heterocycles. The highest BCUT2D eigenvalue weighted by atomic mass is 19.1. The predicted octanol–water partition coefficient (Wildman–Crippen LogP) is 1.68. The van der Waals surface area contributed by atoms with Gasteiger partial charge in [0.25, 0.3) is 5.91 Å². The van der Waals surface area contributed by atoms with E-state index in [1.165, 1.54) is 24.3 Å². The largest absolute Gasteiger partial charge is 0.342 e. The lowest BCUT2D eigenvalue weighted by atomic mass is 10.1. The summed E-state index contributed by atoms with van der Waals surface area (Å²) in [5.74, 6) is -0.621. The van der Waals surface area contributed by atoms with Gasteiger partial charge in [0, 0.05) is 12.0 Å². The quantitative estimate of drug-likeness (QED) is 0.825. The minimum absolute atomic E-state index is 0.0791. The molecule has 0 spiro atoms. The second kappa shape index (κ2) is 4.43. The van der Waals surface area contributed by atoms with Gasteiger partial charge in [0.15, 0.2) is 5.78 Å². The van der Waals surface area contributed by atoms with Gasteiger partial charge in [-0.1, -0.05) is 0 Å². The van der Waals surface area contributed by atoms with Crippen molar-refractivity contribution in [1.29, 1.82) is 0 Å². The molecular formula is C12H12FNO2. The van der Waals surface area contributed by atoms with Crippen LogP contribution in [0.3, 0.4) is 0 Å². The van der Waals surface area contributed by atoms with E-state index in [4.69, 9.17) is 0 Å². The fraction of sp³-hybridized carbons (Fsp3) is 0.333. The summed E-state index contributed by atoms with van der Waals surface area (Å²) in [5.41, 5.74) is 0.376. The summed E-state index contributed by atoms with van der Waals surface area (Å²) < 4.78 is 12.6. The Hall–Kier alpha value is -1.71. The number of carbonyl (C=O) groups excluding carboxylic acids is 2. The zero-order valence-corrected chi connectivity index (χ0v) is 8.70. The monoisotopic (exact) mass is 221 g/mol. The Morgan fingerprint density at radius 3 is 2.56 bits per heavy atom. The van der Waals surface area contributed by atoms with Gasteiger partial charge in [-0.25, -0.2) is 4.39 Å². The van der Waals surface area contributed by atoms with E-state index in [9.17, 15) is 14.0 Å². The number of halogens is 1. The van der Waals surface area contributed by atoms with E-state index in [0.717, 1.165) is 6.42 Å². The van der Waals surface area contributed by atoms with Crippen LogP contribution in [-0.4, -0.2) is 17.7 Å². The molecule has 0 bridgehead atoms. The fourth-order valence-electron chi connectivity index (χ4n) is 1.81. The lowest BCUT2D eigenvalue weighted by molar-refractivity contribution is -0.118. The van der Waals surface area contributed by atoms with Crippen LogP contribution in [0.5, 0.6) is 0 Å². The van der Waals surface area contributed by atoms with Crippen molar-refractivity contribution >= 4 is 11.7 Å². The van der Waals surface area contributed by atoms with Crippen molar-refractivity contribution < 1.29 is 14.0 Å². The van der Waals surface area contributed by atoms with Crippen molar-refractivity contribution in [3.05, 3.63) is 35.6 Å². The van der Waals surface area contributed by atoms with E-state index in [1.54, 1.807) is 0 Å². The van der Waals surface area contributed by atoms with Crippen molar-refractivity contribution in [1.82, 2.24) is 5.32 Å². The molecular weight excluding hydrogens is 209 g/mol. The Morgan fingerprint density at radius 1 is 1.31 bits per heavy atom. The Kier molecular flexibility index (Phi) is 2.99. The zero-order valence-electron chi connectivity index (χ0n) is 8.70. The maximum Gasteiger partial charge on any atom is 0.251 e. The number of rotatable bonds is 2. The minimum atomic E-state index is -0.381. The standard InChI is InChI=1S/C12H12FNO2/c13-9-6-4-8(5-7-9)12(16)14-10-2-1-3-11(10)15/h4-7,10H,1-3H2,(H,14,16)/t10-/m1/s1. The lowest BCUT2D eigenvalue weighted by Crippen LogP contribution is -2.37. The summed E-state index contributed by atoms with van der Waals surface area (Å²) in [6.45, 7) is 0. The average molecular weight is 221 g/mol. The van der Waals surface area contributed by atoms with Crippen molar-refractivity contribution in [2.45, 2.75) is 25.3 Å². The number of benzene rings is 1. The average Bonchev–Trinajstić information content (AvgIpc) is 2.65. The smallest absolute Gasteiger partial charge is 0.251 e. The van der Waals surface area contributed by atoms with Crippen LogP contribution in [0.4, 0.5) is 4.39 Å². The number of Topliss-reactive ketones (excluding diaryl/α,β-unsaturated/α-hetero) is 1. The maximum absolute atomic E-state index is 12.6. The van der Waals surface area contributed by atoms with Crippen LogP contribution in [0.25, 0.3) is 0 Å². The molecule has 4 heteroatoms. The Bertz CT molecular complexity index is 414. The van der Waals surface area contributed by atoms with E-state index in [0.29, 0.717) is 18.4 Å². The molecule has 1 amide bonds. The van der Waals surface area contributed by atoms with Crippen molar-refractivity contribution in [2.24, 2.45) is 0 Å². The van der Waals surface area contributed by atoms with Crippen LogP contribution < -0.4 is 5.32 Å². The molecule has 2 rings (SSSR count). The summed E-state index contributed by atoms with van der Waals surface area (Å²) in [7, 11) is 0. The molecule has 1 N–H and O–H groups in total. The topological polar surface area (TPSA) is 46.2 Å². The first kappa shape index (κ1) is 10.8. The molecule has 1 atom stereocenters. The second-order valence-corrected chi connectivity index (χ2v) is 3.89. The molecule has 1 saturated carbocycles. The normalized spacial score (nSPS) is 19.8. The first-order chi connectivity index (χ1) is 7.66. The minimum Gasteiger partial charge on any atom is -0.342 e. The molecule has 1 aliphatic carbocycles. The van der Waals surface area contributed by atoms with E-state index in [2.05, 4.69) is 5.32 Å². The Balaban J connectivity index is 2.02. The molecule has 1 aromatic carbocycles. The number of carbonyl (C=O) groups is 2. The maximum atomic E-state index is 12.6. The first-order valence-electron chi connectivity index (χ1n) is 5.26. The molecule has 84 valence electrons. The summed E-state index contributed by atoms with van der Waals surface area (Å²) in [6, 6.07) is 4.91. The van der Waals surface area contributed by atoms with Gasteiger partial charge in [0.1, 0.15) is 5.82 Å². The van der Waals surface area contributed by atoms with Crippen LogP contribution in [-0.2, 0) is 4.79 Å². The second-order valence-electron chi connectivity index (χ2n) is 3.89. The van der Waals surface area contributed by atoms with E-state index in [1.807, 2.05) is 0 Å². The number of amides is 1. The molecule has 0 saturated heterocycles. The molecule has 1 aliphatic rings. The van der Waals surface area contributed by atoms with Crippen LogP contribution in [0, 0.1) is 5.82 Å². The van der Waals surface area contributed by atoms with Crippen molar-refractivity contribution in [2.75, 3.05) is 0 Å². The summed E-state index contributed by atoms with van der Waals surface area (Å²) >= 11 is 0. The third-order valence-corrected chi connectivity index (χ3v) is 2.72. The summed E-state index contributed by atoms with van der Waals surface area (Å²) in [4.78, 5) is 23.0. The van der Waals surface area contributed by atoms with Crippen LogP contribution >= 0.6 is 0 Å². The molecule has 3 nitrogen and oxygen atoms in total. The molecule has 0 aromatic heterocycles. The van der Waals surface area contributed by atoms with Gasteiger partial charge in [-0.15, -0.1) is 0 Å². The van der Waals surface area contributed by atoms with E-state index >= 15 is 0 Å². The Labute approximate surface area is 92.7 Å². The van der Waals surface area contributed by atoms with Gasteiger partial charge in [0.2, 0.25) is 0 Å². The number of nitrogens with one attached hydrogen (secondary N) is 1. The molecule has 0 aliphatic heterocycles. The number of hydrogen-bond donors (Lipinski definition) is 1. The lowest BCUT2D eigenvalue weighted by Gasteiger charge is -2.10. The van der Waals surface area contributed by atoms with Gasteiger partial charge < -0.3 is 5.32 Å². The Morgan fingerprint density at radius 2 is 2.00 bits per heavy atom.